The Labute approximate surface area is 102 Å². The van der Waals surface area contributed by atoms with Crippen LogP contribution in [0.2, 0.25) is 0 Å². The zero-order chi connectivity index (χ0) is 11.0. The predicted molar refractivity (Wildman–Crippen MR) is 57.3 cm³/mol. The second-order valence-electron chi connectivity index (χ2n) is 2.96. The molecule has 0 aromatic rings. The standard InChI is InChI=1S/C8H16O5S.Li/c1-2-5-8(9)13-6-3-4-7-14(10,11)12;/h2-7H2,1H3,(H,10,11,12);. The minimum absolute atomic E-state index is 0. The van der Waals surface area contributed by atoms with E-state index in [-0.39, 0.29) is 37.2 Å². The number of carbonyl (C=O) groups is 1. The SMILES string of the molecule is CCCC(=O)OCCCCS(=O)(=O)O.[Li]. The molecule has 0 bridgehead atoms. The number of carbonyl (C=O) groups excluding carboxylic acids is 1. The molecule has 0 atom stereocenters. The Morgan fingerprint density at radius 2 is 1.93 bits per heavy atom. The third-order valence-electron chi connectivity index (χ3n) is 1.51. The molecular weight excluding hydrogens is 215 g/mol. The van der Waals surface area contributed by atoms with Crippen LogP contribution < -0.4 is 0 Å². The topological polar surface area (TPSA) is 80.7 Å². The first-order chi connectivity index (χ1) is 6.45. The first-order valence-corrected chi connectivity index (χ1v) is 6.17. The third-order valence-corrected chi connectivity index (χ3v) is 2.32. The Morgan fingerprint density at radius 1 is 1.33 bits per heavy atom. The monoisotopic (exact) mass is 231 g/mol. The normalized spacial score (nSPS) is 10.5. The zero-order valence-electron chi connectivity index (χ0n) is 9.23. The summed E-state index contributed by atoms with van der Waals surface area (Å²) in [4.78, 5) is 10.8. The largest absolute Gasteiger partial charge is 0.466 e. The number of unbranched alkanes of at least 4 members (excludes halogenated alkanes) is 1. The molecule has 0 aromatic carbocycles. The summed E-state index contributed by atoms with van der Waals surface area (Å²) in [5.41, 5.74) is 0. The smallest absolute Gasteiger partial charge is 0.305 e. The molecule has 0 aliphatic carbocycles. The molecule has 1 N–H and O–H groups in total. The molecule has 0 aliphatic heterocycles. The van der Waals surface area contributed by atoms with E-state index in [0.29, 0.717) is 19.3 Å². The van der Waals surface area contributed by atoms with Crippen molar-refractivity contribution in [3.05, 3.63) is 0 Å². The quantitative estimate of drug-likeness (QED) is 0.300. The van der Waals surface area contributed by atoms with Gasteiger partial charge in [0.25, 0.3) is 10.1 Å². The van der Waals surface area contributed by atoms with Crippen molar-refractivity contribution in [3.63, 3.8) is 0 Å². The van der Waals surface area contributed by atoms with Crippen molar-refractivity contribution in [3.8, 4) is 0 Å². The summed E-state index contributed by atoms with van der Waals surface area (Å²) in [7, 11) is -3.88. The van der Waals surface area contributed by atoms with Crippen LogP contribution >= 0.6 is 0 Å². The number of hydrogen-bond donors (Lipinski definition) is 1. The van der Waals surface area contributed by atoms with Gasteiger partial charge in [-0.05, 0) is 19.3 Å². The van der Waals surface area contributed by atoms with Gasteiger partial charge in [-0.25, -0.2) is 0 Å². The third kappa shape index (κ3) is 14.0. The molecule has 0 fully saturated rings. The van der Waals surface area contributed by atoms with E-state index in [1.165, 1.54) is 0 Å². The van der Waals surface area contributed by atoms with Crippen molar-refractivity contribution in [1.82, 2.24) is 0 Å². The van der Waals surface area contributed by atoms with Crippen molar-refractivity contribution in [2.24, 2.45) is 0 Å². The summed E-state index contributed by atoms with van der Waals surface area (Å²) < 4.78 is 33.7. The first-order valence-electron chi connectivity index (χ1n) is 4.56. The van der Waals surface area contributed by atoms with Crippen molar-refractivity contribution in [2.75, 3.05) is 12.4 Å². The second kappa shape index (κ2) is 9.22. The van der Waals surface area contributed by atoms with Gasteiger partial charge in [0.1, 0.15) is 0 Å². The minimum atomic E-state index is -3.88. The fourth-order valence-electron chi connectivity index (χ4n) is 0.849. The van der Waals surface area contributed by atoms with Crippen LogP contribution in [0.3, 0.4) is 0 Å². The van der Waals surface area contributed by atoms with Crippen LogP contribution in [0.1, 0.15) is 32.6 Å². The number of ether oxygens (including phenoxy) is 1. The van der Waals surface area contributed by atoms with Crippen molar-refractivity contribution in [2.45, 2.75) is 32.6 Å². The molecule has 0 aliphatic rings. The van der Waals surface area contributed by atoms with E-state index in [1.807, 2.05) is 6.92 Å². The summed E-state index contributed by atoms with van der Waals surface area (Å²) in [5.74, 6) is -0.544. The molecule has 0 unspecified atom stereocenters. The van der Waals surface area contributed by atoms with Crippen molar-refractivity contribution < 1.29 is 22.5 Å². The maximum Gasteiger partial charge on any atom is 0.305 e. The van der Waals surface area contributed by atoms with Crippen molar-refractivity contribution in [1.29, 1.82) is 0 Å². The van der Waals surface area contributed by atoms with Gasteiger partial charge in [-0.3, -0.25) is 9.35 Å². The van der Waals surface area contributed by atoms with Gasteiger partial charge in [0.2, 0.25) is 0 Å². The fourth-order valence-corrected chi connectivity index (χ4v) is 1.42. The summed E-state index contributed by atoms with van der Waals surface area (Å²) in [6, 6.07) is 0. The molecule has 85 valence electrons. The van der Waals surface area contributed by atoms with Gasteiger partial charge in [-0.15, -0.1) is 0 Å². The molecule has 7 heteroatoms. The van der Waals surface area contributed by atoms with Gasteiger partial charge in [-0.1, -0.05) is 6.92 Å². The van der Waals surface area contributed by atoms with Crippen LogP contribution in [0.25, 0.3) is 0 Å². The van der Waals surface area contributed by atoms with Crippen LogP contribution in [-0.2, 0) is 19.6 Å². The molecule has 0 spiro atoms. The van der Waals surface area contributed by atoms with E-state index in [4.69, 9.17) is 9.29 Å². The number of hydrogen-bond acceptors (Lipinski definition) is 4. The average molecular weight is 231 g/mol. The Hall–Kier alpha value is -0.0226. The Bertz CT molecular complexity index is 262. The maximum absolute atomic E-state index is 10.8. The fraction of sp³-hybridized carbons (Fsp3) is 0.875. The molecule has 1 radical (unpaired) electrons. The Morgan fingerprint density at radius 3 is 2.40 bits per heavy atom. The van der Waals surface area contributed by atoms with Crippen LogP contribution in [-0.4, -0.2) is 50.2 Å². The van der Waals surface area contributed by atoms with E-state index >= 15 is 0 Å². The Balaban J connectivity index is 0. The minimum Gasteiger partial charge on any atom is -0.466 e. The molecule has 0 aromatic heterocycles. The molecular formula is C8H16LiO5S. The van der Waals surface area contributed by atoms with Gasteiger partial charge in [0.15, 0.2) is 0 Å². The van der Waals surface area contributed by atoms with Crippen LogP contribution in [0.5, 0.6) is 0 Å². The van der Waals surface area contributed by atoms with Crippen LogP contribution in [0.15, 0.2) is 0 Å². The van der Waals surface area contributed by atoms with E-state index < -0.39 is 10.1 Å². The molecule has 0 saturated carbocycles. The van der Waals surface area contributed by atoms with Gasteiger partial charge in [0, 0.05) is 25.3 Å². The summed E-state index contributed by atoms with van der Waals surface area (Å²) in [6.07, 6.45) is 1.88. The summed E-state index contributed by atoms with van der Waals surface area (Å²) in [6.45, 7) is 2.09. The molecule has 15 heavy (non-hydrogen) atoms. The average Bonchev–Trinajstić information content (AvgIpc) is 2.02. The Kier molecular flexibility index (Phi) is 10.7. The molecule has 0 amide bonds. The van der Waals surface area contributed by atoms with E-state index in [0.717, 1.165) is 6.42 Å². The second-order valence-corrected chi connectivity index (χ2v) is 4.54. The van der Waals surface area contributed by atoms with Crippen molar-refractivity contribution >= 4 is 34.9 Å². The van der Waals surface area contributed by atoms with Gasteiger partial charge < -0.3 is 4.74 Å². The number of esters is 1. The van der Waals surface area contributed by atoms with Gasteiger partial charge >= 0.3 is 5.97 Å². The zero-order valence-corrected chi connectivity index (χ0v) is 10.0. The molecule has 0 rings (SSSR count). The van der Waals surface area contributed by atoms with E-state index in [2.05, 4.69) is 0 Å². The molecule has 0 heterocycles. The molecule has 0 saturated heterocycles. The molecule has 5 nitrogen and oxygen atoms in total. The predicted octanol–water partition coefficient (Wildman–Crippen LogP) is 0.617. The number of rotatable bonds is 7. The first kappa shape index (κ1) is 17.4. The van der Waals surface area contributed by atoms with Crippen LogP contribution in [0.4, 0.5) is 0 Å². The summed E-state index contributed by atoms with van der Waals surface area (Å²) >= 11 is 0. The van der Waals surface area contributed by atoms with E-state index in [1.54, 1.807) is 0 Å². The van der Waals surface area contributed by atoms with Gasteiger partial charge in [-0.2, -0.15) is 8.42 Å². The van der Waals surface area contributed by atoms with E-state index in [9.17, 15) is 13.2 Å². The van der Waals surface area contributed by atoms with Gasteiger partial charge in [0.05, 0.1) is 12.4 Å². The summed E-state index contributed by atoms with van der Waals surface area (Å²) in [5, 5.41) is 0. The maximum atomic E-state index is 10.8. The van der Waals surface area contributed by atoms with Crippen LogP contribution in [0, 0.1) is 0 Å².